The number of nitrogens with two attached hydrogens (primary N) is 1. The van der Waals surface area contributed by atoms with Gasteiger partial charge < -0.3 is 21.5 Å². The Hall–Kier alpha value is -1.79. The van der Waals surface area contributed by atoms with E-state index in [4.69, 9.17) is 5.73 Å². The smallest absolute Gasteiger partial charge is 0.171 e. The highest BCUT2D eigenvalue weighted by atomic mass is 32.1. The number of aliphatic hydroxyl groups is 1. The van der Waals surface area contributed by atoms with Crippen molar-refractivity contribution in [1.82, 2.24) is 4.98 Å². The van der Waals surface area contributed by atoms with Crippen LogP contribution in [0.5, 0.6) is 0 Å². The molecular formula is C15H22N4OS. The molecule has 0 fully saturated rings. The molecule has 0 radical (unpaired) electrons. The molecule has 1 atom stereocenters. The highest BCUT2D eigenvalue weighted by Gasteiger charge is 2.16. The first-order chi connectivity index (χ1) is 9.97. The summed E-state index contributed by atoms with van der Waals surface area (Å²) in [5.41, 5.74) is 10.7. The summed E-state index contributed by atoms with van der Waals surface area (Å²) in [5, 5.41) is 17.5. The molecule has 0 aliphatic rings. The van der Waals surface area contributed by atoms with E-state index in [1.165, 1.54) is 11.3 Å². The van der Waals surface area contributed by atoms with Crippen LogP contribution in [0, 0.1) is 12.8 Å². The molecule has 21 heavy (non-hydrogen) atoms. The molecule has 0 bridgehead atoms. The Morgan fingerprint density at radius 3 is 2.81 bits per heavy atom. The minimum absolute atomic E-state index is 0.526. The van der Waals surface area contributed by atoms with E-state index >= 15 is 0 Å². The van der Waals surface area contributed by atoms with Gasteiger partial charge in [0.05, 0.1) is 16.9 Å². The Morgan fingerprint density at radius 1 is 1.38 bits per heavy atom. The quantitative estimate of drug-likeness (QED) is 0.486. The molecule has 0 aliphatic carbocycles. The molecule has 1 aromatic carbocycles. The number of hydrogen-bond donors (Lipinski definition) is 4. The maximum atomic E-state index is 10.3. The van der Waals surface area contributed by atoms with Gasteiger partial charge in [0.25, 0.3) is 0 Å². The van der Waals surface area contributed by atoms with E-state index in [9.17, 15) is 5.11 Å². The van der Waals surface area contributed by atoms with Crippen molar-refractivity contribution >= 4 is 27.7 Å². The Kier molecular flexibility index (Phi) is 5.03. The molecule has 0 aliphatic heterocycles. The van der Waals surface area contributed by atoms with E-state index in [0.717, 1.165) is 17.1 Å². The second-order valence-electron chi connectivity index (χ2n) is 5.48. The standard InChI is InChI=1S/C15H22N4OS/c1-9(2)7-17-15-13(18-8-21-15)14(20)19-12-5-4-10(3)6-11(12)16/h4-6,8-9,14,17,19-20H,7,16H2,1-3H3. The minimum Gasteiger partial charge on any atom is -0.397 e. The van der Waals surface area contributed by atoms with E-state index in [1.807, 2.05) is 25.1 Å². The maximum Gasteiger partial charge on any atom is 0.171 e. The summed E-state index contributed by atoms with van der Waals surface area (Å²) in [6.07, 6.45) is -0.893. The molecule has 0 saturated carbocycles. The summed E-state index contributed by atoms with van der Waals surface area (Å²) in [4.78, 5) is 4.24. The molecule has 2 aromatic rings. The summed E-state index contributed by atoms with van der Waals surface area (Å²) in [6, 6.07) is 5.68. The zero-order chi connectivity index (χ0) is 15.4. The van der Waals surface area contributed by atoms with Crippen molar-refractivity contribution in [1.29, 1.82) is 0 Å². The second-order valence-corrected chi connectivity index (χ2v) is 6.33. The molecule has 0 spiro atoms. The lowest BCUT2D eigenvalue weighted by Gasteiger charge is -2.16. The lowest BCUT2D eigenvalue weighted by molar-refractivity contribution is 0.204. The van der Waals surface area contributed by atoms with Crippen LogP contribution in [0.15, 0.2) is 23.7 Å². The van der Waals surface area contributed by atoms with Gasteiger partial charge in [0.1, 0.15) is 10.7 Å². The highest BCUT2D eigenvalue weighted by Crippen LogP contribution is 2.29. The van der Waals surface area contributed by atoms with Crippen LogP contribution in [0.25, 0.3) is 0 Å². The first kappa shape index (κ1) is 15.6. The van der Waals surface area contributed by atoms with Gasteiger partial charge in [-0.1, -0.05) is 19.9 Å². The fourth-order valence-corrected chi connectivity index (χ4v) is 2.63. The summed E-state index contributed by atoms with van der Waals surface area (Å²) >= 11 is 1.48. The summed E-state index contributed by atoms with van der Waals surface area (Å²) in [6.45, 7) is 7.09. The van der Waals surface area contributed by atoms with Gasteiger partial charge in [-0.05, 0) is 30.5 Å². The van der Waals surface area contributed by atoms with Gasteiger partial charge in [0, 0.05) is 6.54 Å². The van der Waals surface area contributed by atoms with Gasteiger partial charge in [0.2, 0.25) is 0 Å². The molecule has 114 valence electrons. The van der Waals surface area contributed by atoms with Crippen LogP contribution in [0.1, 0.15) is 31.3 Å². The van der Waals surface area contributed by atoms with Crippen LogP contribution in [0.3, 0.4) is 0 Å². The third-order valence-electron chi connectivity index (χ3n) is 3.02. The SMILES string of the molecule is Cc1ccc(NC(O)c2ncsc2NCC(C)C)c(N)c1. The van der Waals surface area contributed by atoms with Gasteiger partial charge in [0.15, 0.2) is 6.23 Å². The van der Waals surface area contributed by atoms with Crippen molar-refractivity contribution in [3.63, 3.8) is 0 Å². The van der Waals surface area contributed by atoms with Gasteiger partial charge in [-0.2, -0.15) is 0 Å². The van der Waals surface area contributed by atoms with Crippen molar-refractivity contribution in [2.45, 2.75) is 27.0 Å². The molecular weight excluding hydrogens is 284 g/mol. The van der Waals surface area contributed by atoms with Crippen molar-refractivity contribution in [3.05, 3.63) is 35.0 Å². The average molecular weight is 306 g/mol. The number of nitrogen functional groups attached to an aromatic ring is 1. The molecule has 5 nitrogen and oxygen atoms in total. The lowest BCUT2D eigenvalue weighted by atomic mass is 10.2. The van der Waals surface area contributed by atoms with Crippen molar-refractivity contribution in [2.75, 3.05) is 22.9 Å². The van der Waals surface area contributed by atoms with Crippen LogP contribution in [0.2, 0.25) is 0 Å². The van der Waals surface area contributed by atoms with Crippen LogP contribution in [0.4, 0.5) is 16.4 Å². The number of hydrogen-bond acceptors (Lipinski definition) is 6. The fourth-order valence-electron chi connectivity index (χ4n) is 1.91. The van der Waals surface area contributed by atoms with Gasteiger partial charge >= 0.3 is 0 Å². The number of nitrogens with zero attached hydrogens (tertiary/aromatic N) is 1. The zero-order valence-electron chi connectivity index (χ0n) is 12.6. The number of nitrogens with one attached hydrogen (secondary N) is 2. The Balaban J connectivity index is 2.09. The predicted octanol–water partition coefficient (Wildman–Crippen LogP) is 3.20. The molecule has 1 heterocycles. The van der Waals surface area contributed by atoms with E-state index in [-0.39, 0.29) is 0 Å². The predicted molar refractivity (Wildman–Crippen MR) is 89.6 cm³/mol. The number of thiazole rings is 1. The van der Waals surface area contributed by atoms with Gasteiger partial charge in [-0.15, -0.1) is 11.3 Å². The van der Waals surface area contributed by atoms with Crippen molar-refractivity contribution in [2.24, 2.45) is 5.92 Å². The normalized spacial score (nSPS) is 12.4. The zero-order valence-corrected chi connectivity index (χ0v) is 13.4. The largest absolute Gasteiger partial charge is 0.397 e. The van der Waals surface area contributed by atoms with E-state index in [0.29, 0.717) is 23.0 Å². The molecule has 6 heteroatoms. The monoisotopic (exact) mass is 306 g/mol. The Labute approximate surface area is 129 Å². The van der Waals surface area contributed by atoms with Crippen molar-refractivity contribution in [3.8, 4) is 0 Å². The number of aryl methyl sites for hydroxylation is 1. The third-order valence-corrected chi connectivity index (χ3v) is 3.82. The highest BCUT2D eigenvalue weighted by molar-refractivity contribution is 7.14. The van der Waals surface area contributed by atoms with Crippen molar-refractivity contribution < 1.29 is 5.11 Å². The molecule has 0 amide bonds. The van der Waals surface area contributed by atoms with Gasteiger partial charge in [-0.25, -0.2) is 4.98 Å². The number of anilines is 3. The number of rotatable bonds is 6. The first-order valence-electron chi connectivity index (χ1n) is 6.95. The molecule has 1 unspecified atom stereocenters. The number of aliphatic hydroxyl groups excluding tert-OH is 1. The topological polar surface area (TPSA) is 83.2 Å². The number of aromatic nitrogens is 1. The fraction of sp³-hybridized carbons (Fsp3) is 0.400. The summed E-state index contributed by atoms with van der Waals surface area (Å²) in [5.74, 6) is 0.526. The maximum absolute atomic E-state index is 10.3. The van der Waals surface area contributed by atoms with Crippen LogP contribution >= 0.6 is 11.3 Å². The van der Waals surface area contributed by atoms with Crippen LogP contribution in [-0.4, -0.2) is 16.6 Å². The molecule has 1 aromatic heterocycles. The molecule has 2 rings (SSSR count). The Bertz CT molecular complexity index is 597. The van der Waals surface area contributed by atoms with E-state index < -0.39 is 6.23 Å². The minimum atomic E-state index is -0.893. The molecule has 5 N–H and O–H groups in total. The average Bonchev–Trinajstić information content (AvgIpc) is 2.88. The lowest BCUT2D eigenvalue weighted by Crippen LogP contribution is -2.15. The third kappa shape index (κ3) is 4.09. The summed E-state index contributed by atoms with van der Waals surface area (Å²) < 4.78 is 0. The van der Waals surface area contributed by atoms with Crippen LogP contribution < -0.4 is 16.4 Å². The van der Waals surface area contributed by atoms with E-state index in [2.05, 4.69) is 29.5 Å². The number of benzene rings is 1. The Morgan fingerprint density at radius 2 is 2.14 bits per heavy atom. The van der Waals surface area contributed by atoms with Gasteiger partial charge in [-0.3, -0.25) is 0 Å². The summed E-state index contributed by atoms with van der Waals surface area (Å²) in [7, 11) is 0. The van der Waals surface area contributed by atoms with Crippen LogP contribution in [-0.2, 0) is 0 Å². The molecule has 0 saturated heterocycles. The second kappa shape index (κ2) is 6.78. The van der Waals surface area contributed by atoms with E-state index in [1.54, 1.807) is 5.51 Å². The first-order valence-corrected chi connectivity index (χ1v) is 7.83.